The molecule has 0 radical (unpaired) electrons. The van der Waals surface area contributed by atoms with Crippen LogP contribution in [0.5, 0.6) is 5.75 Å². The summed E-state index contributed by atoms with van der Waals surface area (Å²) in [5.41, 5.74) is 4.40. The van der Waals surface area contributed by atoms with Crippen molar-refractivity contribution in [3.05, 3.63) is 29.3 Å². The first kappa shape index (κ1) is 19.1. The summed E-state index contributed by atoms with van der Waals surface area (Å²) in [6, 6.07) is 3.36. The van der Waals surface area contributed by atoms with Crippen molar-refractivity contribution in [1.82, 2.24) is 0 Å². The maximum atomic E-state index is 13.1. The van der Waals surface area contributed by atoms with Gasteiger partial charge >= 0.3 is 6.18 Å². The zero-order valence-electron chi connectivity index (χ0n) is 13.2. The van der Waals surface area contributed by atoms with Crippen molar-refractivity contribution < 1.29 is 23.1 Å². The molecule has 0 aliphatic rings. The van der Waals surface area contributed by atoms with Crippen molar-refractivity contribution in [2.24, 2.45) is 10.9 Å². The van der Waals surface area contributed by atoms with Crippen LogP contribution in [0.1, 0.15) is 56.6 Å². The lowest BCUT2D eigenvalue weighted by molar-refractivity contribution is -0.139. The van der Waals surface area contributed by atoms with Gasteiger partial charge in [-0.15, -0.1) is 0 Å². The molecule has 0 aromatic heterocycles. The molecule has 0 bridgehead atoms. The Bertz CT molecular complexity index is 517. The van der Waals surface area contributed by atoms with E-state index < -0.39 is 11.7 Å². The number of rotatable bonds is 9. The minimum absolute atomic E-state index is 0.00765. The summed E-state index contributed by atoms with van der Waals surface area (Å²) in [6.07, 6.45) is 1.60. The van der Waals surface area contributed by atoms with Crippen LogP contribution < -0.4 is 10.5 Å². The highest BCUT2D eigenvalue weighted by atomic mass is 19.4. The van der Waals surface area contributed by atoms with Crippen molar-refractivity contribution in [1.29, 1.82) is 0 Å². The van der Waals surface area contributed by atoms with Crippen molar-refractivity contribution in [2.45, 2.75) is 51.6 Å². The molecule has 3 N–H and O–H groups in total. The van der Waals surface area contributed by atoms with Crippen molar-refractivity contribution in [3.8, 4) is 5.75 Å². The molecule has 0 aliphatic carbocycles. The second-order valence-electron chi connectivity index (χ2n) is 5.31. The van der Waals surface area contributed by atoms with E-state index in [1.165, 1.54) is 18.6 Å². The van der Waals surface area contributed by atoms with Gasteiger partial charge in [-0.3, -0.25) is 0 Å². The Kier molecular flexibility index (Phi) is 7.71. The molecule has 4 nitrogen and oxygen atoms in total. The predicted molar refractivity (Wildman–Crippen MR) is 82.8 cm³/mol. The molecule has 0 heterocycles. The topological polar surface area (TPSA) is 67.8 Å². The van der Waals surface area contributed by atoms with Gasteiger partial charge in [0.1, 0.15) is 5.75 Å². The van der Waals surface area contributed by atoms with Gasteiger partial charge in [0.25, 0.3) is 0 Å². The number of amidine groups is 1. The van der Waals surface area contributed by atoms with E-state index in [9.17, 15) is 13.2 Å². The number of halogens is 3. The monoisotopic (exact) mass is 332 g/mol. The van der Waals surface area contributed by atoms with E-state index >= 15 is 0 Å². The van der Waals surface area contributed by atoms with E-state index in [2.05, 4.69) is 12.1 Å². The van der Waals surface area contributed by atoms with E-state index in [1.54, 1.807) is 0 Å². The molecule has 23 heavy (non-hydrogen) atoms. The summed E-state index contributed by atoms with van der Waals surface area (Å²) in [6.45, 7) is 2.36. The van der Waals surface area contributed by atoms with Crippen molar-refractivity contribution in [2.75, 3.05) is 6.61 Å². The molecule has 0 saturated heterocycles. The maximum absolute atomic E-state index is 13.1. The van der Waals surface area contributed by atoms with E-state index in [0.717, 1.165) is 31.7 Å². The first-order chi connectivity index (χ1) is 10.9. The fourth-order valence-corrected chi connectivity index (χ4v) is 2.16. The smallest absolute Gasteiger partial charge is 0.419 e. The van der Waals surface area contributed by atoms with Crippen molar-refractivity contribution in [3.63, 3.8) is 0 Å². The van der Waals surface area contributed by atoms with Crippen LogP contribution in [0.3, 0.4) is 0 Å². The highest BCUT2D eigenvalue weighted by Gasteiger charge is 2.35. The lowest BCUT2D eigenvalue weighted by atomic mass is 10.1. The number of nitrogens with two attached hydrogens (primary N) is 1. The number of hydrogen-bond acceptors (Lipinski definition) is 3. The molecule has 0 amide bonds. The summed E-state index contributed by atoms with van der Waals surface area (Å²) >= 11 is 0. The highest BCUT2D eigenvalue weighted by Crippen LogP contribution is 2.37. The molecular formula is C16H23F3N2O2. The summed E-state index contributed by atoms with van der Waals surface area (Å²) in [5, 5.41) is 11.3. The van der Waals surface area contributed by atoms with Crippen molar-refractivity contribution >= 4 is 5.84 Å². The van der Waals surface area contributed by atoms with Gasteiger partial charge in [-0.25, -0.2) is 0 Å². The molecular weight excluding hydrogens is 309 g/mol. The van der Waals surface area contributed by atoms with Crippen LogP contribution in [0, 0.1) is 0 Å². The molecule has 0 saturated carbocycles. The van der Waals surface area contributed by atoms with E-state index in [4.69, 9.17) is 15.7 Å². The number of nitrogens with zero attached hydrogens (tertiary/aromatic N) is 1. The number of benzene rings is 1. The second kappa shape index (κ2) is 9.27. The standard InChI is InChI=1S/C16H23F3N2O2/c1-2-3-4-5-6-7-10-23-14-9-8-12(15(20)21-22)11-13(14)16(17,18)19/h8-9,11,22H,2-7,10H2,1H3,(H2,20,21). The predicted octanol–water partition coefficient (Wildman–Crippen LogP) is 4.54. The lowest BCUT2D eigenvalue weighted by Crippen LogP contribution is -2.16. The van der Waals surface area contributed by atoms with Crippen LogP contribution in [0.2, 0.25) is 0 Å². The minimum Gasteiger partial charge on any atom is -0.493 e. The largest absolute Gasteiger partial charge is 0.493 e. The number of alkyl halides is 3. The molecule has 0 unspecified atom stereocenters. The first-order valence-corrected chi connectivity index (χ1v) is 7.72. The molecule has 0 fully saturated rings. The average Bonchev–Trinajstić information content (AvgIpc) is 2.52. The number of hydrogen-bond donors (Lipinski definition) is 2. The van der Waals surface area contributed by atoms with Gasteiger partial charge in [0.2, 0.25) is 0 Å². The van der Waals surface area contributed by atoms with E-state index in [1.807, 2.05) is 0 Å². The third kappa shape index (κ3) is 6.38. The van der Waals surface area contributed by atoms with Gasteiger partial charge in [-0.1, -0.05) is 44.2 Å². The third-order valence-corrected chi connectivity index (χ3v) is 3.44. The van der Waals surface area contributed by atoms with Crippen LogP contribution >= 0.6 is 0 Å². The Morgan fingerprint density at radius 3 is 2.43 bits per heavy atom. The normalized spacial score (nSPS) is 12.4. The molecule has 0 spiro atoms. The zero-order valence-corrected chi connectivity index (χ0v) is 13.2. The summed E-state index contributed by atoms with van der Waals surface area (Å²) in [7, 11) is 0. The molecule has 0 atom stereocenters. The van der Waals surface area contributed by atoms with Crippen LogP contribution in [0.25, 0.3) is 0 Å². The minimum atomic E-state index is -4.57. The molecule has 7 heteroatoms. The Balaban J connectivity index is 2.67. The summed E-state index contributed by atoms with van der Waals surface area (Å²) < 4.78 is 44.5. The van der Waals surface area contributed by atoms with Crippen LogP contribution in [-0.2, 0) is 6.18 Å². The van der Waals surface area contributed by atoms with Gasteiger partial charge in [-0.05, 0) is 24.6 Å². The molecule has 0 aliphatic heterocycles. The molecule has 1 aromatic carbocycles. The summed E-state index contributed by atoms with van der Waals surface area (Å²) in [4.78, 5) is 0. The average molecular weight is 332 g/mol. The SMILES string of the molecule is CCCCCCCCOc1ccc(/C(N)=N/O)cc1C(F)(F)F. The maximum Gasteiger partial charge on any atom is 0.419 e. The van der Waals surface area contributed by atoms with Gasteiger partial charge < -0.3 is 15.7 Å². The third-order valence-electron chi connectivity index (χ3n) is 3.44. The lowest BCUT2D eigenvalue weighted by Gasteiger charge is -2.15. The Morgan fingerprint density at radius 1 is 1.17 bits per heavy atom. The Labute approximate surface area is 134 Å². The highest BCUT2D eigenvalue weighted by molar-refractivity contribution is 5.97. The first-order valence-electron chi connectivity index (χ1n) is 7.72. The Morgan fingerprint density at radius 2 is 1.83 bits per heavy atom. The number of unbranched alkanes of at least 4 members (excludes halogenated alkanes) is 5. The van der Waals surface area contributed by atoms with E-state index in [-0.39, 0.29) is 23.8 Å². The van der Waals surface area contributed by atoms with Crippen LogP contribution in [-0.4, -0.2) is 17.6 Å². The fourth-order valence-electron chi connectivity index (χ4n) is 2.16. The fraction of sp³-hybridized carbons (Fsp3) is 0.562. The van der Waals surface area contributed by atoms with Gasteiger partial charge in [0.15, 0.2) is 5.84 Å². The molecule has 1 aromatic rings. The van der Waals surface area contributed by atoms with Gasteiger partial charge in [0, 0.05) is 5.56 Å². The number of oxime groups is 1. The number of ether oxygens (including phenoxy) is 1. The Hall–Kier alpha value is -1.92. The second-order valence-corrected chi connectivity index (χ2v) is 5.31. The molecule has 130 valence electrons. The quantitative estimate of drug-likeness (QED) is 0.229. The van der Waals surface area contributed by atoms with Crippen LogP contribution in [0.15, 0.2) is 23.4 Å². The zero-order chi connectivity index (χ0) is 17.3. The van der Waals surface area contributed by atoms with E-state index in [0.29, 0.717) is 6.42 Å². The van der Waals surface area contributed by atoms with Gasteiger partial charge in [0.05, 0.1) is 12.2 Å². The summed E-state index contributed by atoms with van der Waals surface area (Å²) in [5.74, 6) is -0.612. The van der Waals surface area contributed by atoms with Gasteiger partial charge in [-0.2, -0.15) is 13.2 Å². The molecule has 1 rings (SSSR count). The van der Waals surface area contributed by atoms with Crippen LogP contribution in [0.4, 0.5) is 13.2 Å².